The van der Waals surface area contributed by atoms with Gasteiger partial charge in [0, 0.05) is 23.2 Å². The zero-order chi connectivity index (χ0) is 11.1. The molecule has 0 aromatic carbocycles. The van der Waals surface area contributed by atoms with E-state index in [4.69, 9.17) is 4.74 Å². The highest BCUT2D eigenvalue weighted by Crippen LogP contribution is 2.26. The number of ketones is 1. The van der Waals surface area contributed by atoms with E-state index in [2.05, 4.69) is 4.98 Å². The minimum absolute atomic E-state index is 0.0804. The molecule has 0 saturated heterocycles. The minimum Gasteiger partial charge on any atom is -0.376 e. The second kappa shape index (κ2) is 3.56. The first-order valence-corrected chi connectivity index (χ1v) is 5.65. The van der Waals surface area contributed by atoms with E-state index in [1.165, 1.54) is 0 Å². The number of nitrogens with one attached hydrogen (secondary N) is 1. The molecule has 0 radical (unpaired) electrons. The van der Waals surface area contributed by atoms with Crippen molar-refractivity contribution in [1.29, 1.82) is 0 Å². The van der Waals surface area contributed by atoms with Crippen molar-refractivity contribution in [2.75, 3.05) is 6.61 Å². The lowest BCUT2D eigenvalue weighted by Gasteiger charge is -2.23. The van der Waals surface area contributed by atoms with Crippen molar-refractivity contribution in [2.24, 2.45) is 0 Å². The second-order valence-electron chi connectivity index (χ2n) is 4.34. The van der Waals surface area contributed by atoms with Crippen LogP contribution in [-0.2, 0) is 24.2 Å². The smallest absolute Gasteiger partial charge is 0.254 e. The van der Waals surface area contributed by atoms with E-state index >= 15 is 0 Å². The van der Waals surface area contributed by atoms with E-state index in [-0.39, 0.29) is 11.3 Å². The number of aryl methyl sites for hydroxylation is 1. The number of pyridine rings is 1. The standard InChI is InChI=1S/C12H13NO3/c14-10-3-1-2-9-11(10)7-4-5-16-6-8(7)12(15)13-9/h1-6H2,(H,13,15). The summed E-state index contributed by atoms with van der Waals surface area (Å²) in [5.74, 6) is 0.177. The third kappa shape index (κ3) is 1.33. The molecule has 4 heteroatoms. The first kappa shape index (κ1) is 9.78. The lowest BCUT2D eigenvalue weighted by atomic mass is 9.87. The number of hydrogen-bond acceptors (Lipinski definition) is 3. The van der Waals surface area contributed by atoms with Gasteiger partial charge in [0.25, 0.3) is 5.56 Å². The van der Waals surface area contributed by atoms with Gasteiger partial charge in [0.1, 0.15) is 0 Å². The first-order valence-electron chi connectivity index (χ1n) is 5.65. The zero-order valence-electron chi connectivity index (χ0n) is 8.97. The highest BCUT2D eigenvalue weighted by molar-refractivity contribution is 5.99. The van der Waals surface area contributed by atoms with Crippen LogP contribution in [0.1, 0.15) is 40.0 Å². The minimum atomic E-state index is -0.0804. The fourth-order valence-electron chi connectivity index (χ4n) is 2.60. The van der Waals surface area contributed by atoms with E-state index in [1.807, 2.05) is 0 Å². The Morgan fingerprint density at radius 2 is 1.94 bits per heavy atom. The molecular weight excluding hydrogens is 206 g/mol. The molecule has 2 aliphatic rings. The Morgan fingerprint density at radius 1 is 1.06 bits per heavy atom. The predicted octanol–water partition coefficient (Wildman–Crippen LogP) is 0.967. The van der Waals surface area contributed by atoms with Crippen LogP contribution < -0.4 is 5.56 Å². The SMILES string of the molecule is O=C1CCCc2[nH]c(=O)c3c(c21)CCOC3. The lowest BCUT2D eigenvalue weighted by molar-refractivity contribution is 0.0954. The topological polar surface area (TPSA) is 59.2 Å². The predicted molar refractivity (Wildman–Crippen MR) is 57.7 cm³/mol. The fraction of sp³-hybridized carbons (Fsp3) is 0.500. The van der Waals surface area contributed by atoms with Gasteiger partial charge in [-0.25, -0.2) is 0 Å². The number of aromatic amines is 1. The number of carbonyl (C=O) groups is 1. The molecule has 0 unspecified atom stereocenters. The molecule has 1 aromatic heterocycles. The molecule has 84 valence electrons. The summed E-state index contributed by atoms with van der Waals surface area (Å²) in [6.07, 6.45) is 2.95. The lowest BCUT2D eigenvalue weighted by Crippen LogP contribution is -2.29. The van der Waals surface area contributed by atoms with Gasteiger partial charge in [0.15, 0.2) is 5.78 Å². The molecular formula is C12H13NO3. The molecule has 0 spiro atoms. The van der Waals surface area contributed by atoms with E-state index in [0.29, 0.717) is 31.6 Å². The van der Waals surface area contributed by atoms with E-state index in [9.17, 15) is 9.59 Å². The number of hydrogen-bond donors (Lipinski definition) is 1. The van der Waals surface area contributed by atoms with E-state index < -0.39 is 0 Å². The molecule has 0 bridgehead atoms. The third-order valence-corrected chi connectivity index (χ3v) is 3.36. The summed E-state index contributed by atoms with van der Waals surface area (Å²) in [7, 11) is 0. The molecule has 16 heavy (non-hydrogen) atoms. The Labute approximate surface area is 92.6 Å². The fourth-order valence-corrected chi connectivity index (χ4v) is 2.60. The summed E-state index contributed by atoms with van der Waals surface area (Å²) < 4.78 is 5.27. The number of Topliss-reactive ketones (excluding diaryl/α,β-unsaturated/α-hetero) is 1. The molecule has 0 atom stereocenters. The number of ether oxygens (including phenoxy) is 1. The number of fused-ring (bicyclic) bond motifs is 3. The van der Waals surface area contributed by atoms with Crippen LogP contribution >= 0.6 is 0 Å². The van der Waals surface area contributed by atoms with Crippen LogP contribution in [0, 0.1) is 0 Å². The summed E-state index contributed by atoms with van der Waals surface area (Å²) in [6.45, 7) is 0.946. The molecule has 1 aliphatic heterocycles. The van der Waals surface area contributed by atoms with Gasteiger partial charge in [0.05, 0.1) is 13.2 Å². The molecule has 3 rings (SSSR count). The number of rotatable bonds is 0. The van der Waals surface area contributed by atoms with Crippen LogP contribution in [0.4, 0.5) is 0 Å². The van der Waals surface area contributed by atoms with Crippen molar-refractivity contribution in [1.82, 2.24) is 4.98 Å². The van der Waals surface area contributed by atoms with Gasteiger partial charge >= 0.3 is 0 Å². The van der Waals surface area contributed by atoms with Crippen LogP contribution in [0.15, 0.2) is 4.79 Å². The number of aromatic nitrogens is 1. The molecule has 0 fully saturated rings. The van der Waals surface area contributed by atoms with E-state index in [0.717, 1.165) is 29.7 Å². The first-order chi connectivity index (χ1) is 7.77. The summed E-state index contributed by atoms with van der Waals surface area (Å²) in [6, 6.07) is 0. The monoisotopic (exact) mass is 219 g/mol. The average molecular weight is 219 g/mol. The molecule has 1 aromatic rings. The highest BCUT2D eigenvalue weighted by atomic mass is 16.5. The van der Waals surface area contributed by atoms with Crippen molar-refractivity contribution >= 4 is 5.78 Å². The van der Waals surface area contributed by atoms with Gasteiger partial charge in [0.2, 0.25) is 0 Å². The van der Waals surface area contributed by atoms with Gasteiger partial charge in [-0.3, -0.25) is 9.59 Å². The van der Waals surface area contributed by atoms with Crippen LogP contribution in [0.5, 0.6) is 0 Å². The van der Waals surface area contributed by atoms with Crippen LogP contribution in [0.25, 0.3) is 0 Å². The largest absolute Gasteiger partial charge is 0.376 e. The zero-order valence-corrected chi connectivity index (χ0v) is 8.97. The van der Waals surface area contributed by atoms with Crippen LogP contribution in [0.3, 0.4) is 0 Å². The van der Waals surface area contributed by atoms with Crippen LogP contribution in [-0.4, -0.2) is 17.4 Å². The maximum Gasteiger partial charge on any atom is 0.254 e. The van der Waals surface area contributed by atoms with Crippen molar-refractivity contribution in [3.05, 3.63) is 32.7 Å². The Balaban J connectivity index is 2.29. The van der Waals surface area contributed by atoms with Crippen molar-refractivity contribution < 1.29 is 9.53 Å². The second-order valence-corrected chi connectivity index (χ2v) is 4.34. The molecule has 1 N–H and O–H groups in total. The van der Waals surface area contributed by atoms with Crippen molar-refractivity contribution in [3.8, 4) is 0 Å². The number of carbonyl (C=O) groups excluding carboxylic acids is 1. The van der Waals surface area contributed by atoms with Crippen molar-refractivity contribution in [2.45, 2.75) is 32.3 Å². The molecule has 2 heterocycles. The van der Waals surface area contributed by atoms with E-state index in [1.54, 1.807) is 0 Å². The maximum absolute atomic E-state index is 11.9. The maximum atomic E-state index is 11.9. The molecule has 1 aliphatic carbocycles. The Kier molecular flexibility index (Phi) is 2.17. The molecule has 0 amide bonds. The van der Waals surface area contributed by atoms with Gasteiger partial charge in [-0.05, 0) is 24.8 Å². The Morgan fingerprint density at radius 3 is 2.81 bits per heavy atom. The van der Waals surface area contributed by atoms with Gasteiger partial charge in [-0.2, -0.15) is 0 Å². The summed E-state index contributed by atoms with van der Waals surface area (Å²) in [5.41, 5.74) is 3.13. The molecule has 0 saturated carbocycles. The van der Waals surface area contributed by atoms with Crippen LogP contribution in [0.2, 0.25) is 0 Å². The summed E-state index contributed by atoms with van der Waals surface area (Å²) in [5, 5.41) is 0. The van der Waals surface area contributed by atoms with Gasteiger partial charge in [-0.1, -0.05) is 0 Å². The van der Waals surface area contributed by atoms with Crippen molar-refractivity contribution in [3.63, 3.8) is 0 Å². The normalized spacial score (nSPS) is 19.1. The Hall–Kier alpha value is -1.42. The van der Waals surface area contributed by atoms with Gasteiger partial charge < -0.3 is 9.72 Å². The third-order valence-electron chi connectivity index (χ3n) is 3.36. The quantitative estimate of drug-likeness (QED) is 0.707. The highest BCUT2D eigenvalue weighted by Gasteiger charge is 2.26. The summed E-state index contributed by atoms with van der Waals surface area (Å²) in [4.78, 5) is 26.5. The Bertz CT molecular complexity index is 516. The molecule has 4 nitrogen and oxygen atoms in total. The van der Waals surface area contributed by atoms with Gasteiger partial charge in [-0.15, -0.1) is 0 Å². The average Bonchev–Trinajstić information content (AvgIpc) is 2.29. The summed E-state index contributed by atoms with van der Waals surface area (Å²) >= 11 is 0. The number of H-pyrrole nitrogens is 1.